The highest BCUT2D eigenvalue weighted by molar-refractivity contribution is 5.82. The van der Waals surface area contributed by atoms with E-state index >= 15 is 0 Å². The lowest BCUT2D eigenvalue weighted by atomic mass is 9.84. The summed E-state index contributed by atoms with van der Waals surface area (Å²) in [5, 5.41) is 4.79. The molecule has 3 rings (SSSR count). The third-order valence-corrected chi connectivity index (χ3v) is 4.65. The van der Waals surface area contributed by atoms with Gasteiger partial charge in [-0.15, -0.1) is 0 Å². The van der Waals surface area contributed by atoms with Crippen LogP contribution in [0, 0.1) is 5.92 Å². The first-order valence-electron chi connectivity index (χ1n) is 8.06. The molecule has 0 radical (unpaired) electrons. The Bertz CT molecular complexity index is 591. The lowest BCUT2D eigenvalue weighted by molar-refractivity contribution is 0.121. The molecule has 2 unspecified atom stereocenters. The summed E-state index contributed by atoms with van der Waals surface area (Å²) in [6.45, 7) is 5.49. The highest BCUT2D eigenvalue weighted by Crippen LogP contribution is 2.37. The molecule has 2 atom stereocenters. The van der Waals surface area contributed by atoms with Gasteiger partial charge in [-0.3, -0.25) is 9.88 Å². The van der Waals surface area contributed by atoms with Crippen LogP contribution in [-0.4, -0.2) is 36.6 Å². The van der Waals surface area contributed by atoms with E-state index in [-0.39, 0.29) is 0 Å². The molecule has 1 saturated heterocycles. The van der Waals surface area contributed by atoms with Crippen LogP contribution in [0.2, 0.25) is 0 Å². The predicted octanol–water partition coefficient (Wildman–Crippen LogP) is 3.23. The van der Waals surface area contributed by atoms with Gasteiger partial charge in [0.05, 0.1) is 5.52 Å². The first-order valence-corrected chi connectivity index (χ1v) is 8.06. The highest BCUT2D eigenvalue weighted by atomic mass is 15.1. The molecule has 1 aromatic heterocycles. The molecule has 1 N–H and O–H groups in total. The summed E-state index contributed by atoms with van der Waals surface area (Å²) < 4.78 is 0. The number of nitrogens with zero attached hydrogens (tertiary/aromatic N) is 2. The van der Waals surface area contributed by atoms with E-state index in [4.69, 9.17) is 0 Å². The second-order valence-corrected chi connectivity index (χ2v) is 6.06. The molecular formula is C18H25N3. The Hall–Kier alpha value is -1.45. The van der Waals surface area contributed by atoms with Crippen molar-refractivity contribution < 1.29 is 0 Å². The summed E-state index contributed by atoms with van der Waals surface area (Å²) in [6, 6.07) is 11.2. The monoisotopic (exact) mass is 283 g/mol. The van der Waals surface area contributed by atoms with Crippen LogP contribution in [0.4, 0.5) is 0 Å². The van der Waals surface area contributed by atoms with Crippen LogP contribution in [0.15, 0.2) is 36.5 Å². The molecule has 0 saturated carbocycles. The van der Waals surface area contributed by atoms with Gasteiger partial charge in [0.1, 0.15) is 0 Å². The number of fused-ring (bicyclic) bond motifs is 1. The Balaban J connectivity index is 2.00. The van der Waals surface area contributed by atoms with Gasteiger partial charge in [-0.25, -0.2) is 0 Å². The summed E-state index contributed by atoms with van der Waals surface area (Å²) in [4.78, 5) is 7.17. The molecule has 1 aromatic carbocycles. The third-order valence-electron chi connectivity index (χ3n) is 4.65. The molecule has 0 spiro atoms. The molecule has 1 fully saturated rings. The minimum Gasteiger partial charge on any atom is -0.317 e. The summed E-state index contributed by atoms with van der Waals surface area (Å²) >= 11 is 0. The Morgan fingerprint density at radius 1 is 1.29 bits per heavy atom. The second-order valence-electron chi connectivity index (χ2n) is 6.06. The zero-order valence-corrected chi connectivity index (χ0v) is 13.0. The van der Waals surface area contributed by atoms with Crippen LogP contribution in [0.1, 0.15) is 31.4 Å². The van der Waals surface area contributed by atoms with E-state index in [0.717, 1.165) is 13.1 Å². The van der Waals surface area contributed by atoms with Crippen LogP contribution in [0.5, 0.6) is 0 Å². The van der Waals surface area contributed by atoms with E-state index in [9.17, 15) is 0 Å². The molecule has 2 heterocycles. The molecule has 3 nitrogen and oxygen atoms in total. The van der Waals surface area contributed by atoms with E-state index in [1.807, 2.05) is 12.3 Å². The highest BCUT2D eigenvalue weighted by Gasteiger charge is 2.31. The number of nitrogens with one attached hydrogen (secondary N) is 1. The van der Waals surface area contributed by atoms with Crippen molar-refractivity contribution in [1.82, 2.24) is 15.2 Å². The largest absolute Gasteiger partial charge is 0.317 e. The van der Waals surface area contributed by atoms with Crippen molar-refractivity contribution in [3.05, 3.63) is 42.1 Å². The Labute approximate surface area is 127 Å². The van der Waals surface area contributed by atoms with Crippen molar-refractivity contribution >= 4 is 10.9 Å². The maximum Gasteiger partial charge on any atom is 0.0749 e. The Morgan fingerprint density at radius 2 is 2.14 bits per heavy atom. The van der Waals surface area contributed by atoms with E-state index in [0.29, 0.717) is 12.0 Å². The molecule has 112 valence electrons. The standard InChI is InChI=1S/C18H25N3/c1-3-19-13-15-9-6-12-21(2)18(15)16-10-4-7-14-8-5-11-20-17(14)16/h4-5,7-8,10-11,15,18-19H,3,6,9,12-13H2,1-2H3. The van der Waals surface area contributed by atoms with E-state index in [2.05, 4.69) is 53.4 Å². The van der Waals surface area contributed by atoms with Gasteiger partial charge in [0.2, 0.25) is 0 Å². The van der Waals surface area contributed by atoms with Gasteiger partial charge in [0.15, 0.2) is 0 Å². The van der Waals surface area contributed by atoms with Crippen molar-refractivity contribution in [1.29, 1.82) is 0 Å². The van der Waals surface area contributed by atoms with Crippen molar-refractivity contribution in [2.75, 3.05) is 26.7 Å². The number of piperidine rings is 1. The number of hydrogen-bond donors (Lipinski definition) is 1. The smallest absolute Gasteiger partial charge is 0.0749 e. The number of rotatable bonds is 4. The number of hydrogen-bond acceptors (Lipinski definition) is 3. The van der Waals surface area contributed by atoms with E-state index < -0.39 is 0 Å². The molecule has 1 aliphatic rings. The first kappa shape index (κ1) is 14.5. The van der Waals surface area contributed by atoms with E-state index in [1.54, 1.807) is 0 Å². The van der Waals surface area contributed by atoms with Crippen LogP contribution < -0.4 is 5.32 Å². The summed E-state index contributed by atoms with van der Waals surface area (Å²) in [5.74, 6) is 0.663. The average Bonchev–Trinajstić information content (AvgIpc) is 2.52. The molecule has 0 bridgehead atoms. The Morgan fingerprint density at radius 3 is 3.00 bits per heavy atom. The van der Waals surface area contributed by atoms with Crippen LogP contribution in [0.3, 0.4) is 0 Å². The number of likely N-dealkylation sites (tertiary alicyclic amines) is 1. The fourth-order valence-corrected chi connectivity index (χ4v) is 3.66. The van der Waals surface area contributed by atoms with Gasteiger partial charge < -0.3 is 5.32 Å². The first-order chi connectivity index (χ1) is 10.3. The molecule has 21 heavy (non-hydrogen) atoms. The maximum atomic E-state index is 4.66. The molecular weight excluding hydrogens is 258 g/mol. The number of pyridine rings is 1. The quantitative estimate of drug-likeness (QED) is 0.934. The molecule has 0 amide bonds. The lowest BCUT2D eigenvalue weighted by Gasteiger charge is -2.40. The van der Waals surface area contributed by atoms with Gasteiger partial charge in [0.25, 0.3) is 0 Å². The van der Waals surface area contributed by atoms with Gasteiger partial charge in [-0.2, -0.15) is 0 Å². The molecule has 2 aromatic rings. The fourth-order valence-electron chi connectivity index (χ4n) is 3.66. The van der Waals surface area contributed by atoms with Crippen molar-refractivity contribution in [2.24, 2.45) is 5.92 Å². The molecule has 3 heteroatoms. The normalized spacial score (nSPS) is 23.5. The van der Waals surface area contributed by atoms with Crippen LogP contribution >= 0.6 is 0 Å². The van der Waals surface area contributed by atoms with Crippen molar-refractivity contribution in [2.45, 2.75) is 25.8 Å². The SMILES string of the molecule is CCNCC1CCCN(C)C1c1cccc2cccnc12. The second kappa shape index (κ2) is 6.54. The lowest BCUT2D eigenvalue weighted by Crippen LogP contribution is -2.40. The fraction of sp³-hybridized carbons (Fsp3) is 0.500. The van der Waals surface area contributed by atoms with Crippen molar-refractivity contribution in [3.8, 4) is 0 Å². The summed E-state index contributed by atoms with van der Waals surface area (Å²) in [7, 11) is 2.25. The van der Waals surface area contributed by atoms with Gasteiger partial charge in [-0.05, 0) is 57.1 Å². The van der Waals surface area contributed by atoms with Gasteiger partial charge in [-0.1, -0.05) is 31.2 Å². The molecule has 0 aliphatic carbocycles. The molecule has 1 aliphatic heterocycles. The zero-order valence-electron chi connectivity index (χ0n) is 13.0. The van der Waals surface area contributed by atoms with E-state index in [1.165, 1.54) is 35.9 Å². The number of benzene rings is 1. The summed E-state index contributed by atoms with van der Waals surface area (Å²) in [6.07, 6.45) is 4.50. The van der Waals surface area contributed by atoms with Crippen LogP contribution in [0.25, 0.3) is 10.9 Å². The number of aromatic nitrogens is 1. The minimum atomic E-state index is 0.469. The minimum absolute atomic E-state index is 0.469. The summed E-state index contributed by atoms with van der Waals surface area (Å²) in [5.41, 5.74) is 2.55. The Kier molecular flexibility index (Phi) is 4.51. The predicted molar refractivity (Wildman–Crippen MR) is 88.4 cm³/mol. The zero-order chi connectivity index (χ0) is 14.7. The van der Waals surface area contributed by atoms with Crippen molar-refractivity contribution in [3.63, 3.8) is 0 Å². The third kappa shape index (κ3) is 2.94. The topological polar surface area (TPSA) is 28.2 Å². The van der Waals surface area contributed by atoms with Gasteiger partial charge >= 0.3 is 0 Å². The number of para-hydroxylation sites is 1. The van der Waals surface area contributed by atoms with Gasteiger partial charge in [0, 0.05) is 17.6 Å². The maximum absolute atomic E-state index is 4.66. The van der Waals surface area contributed by atoms with Crippen LogP contribution in [-0.2, 0) is 0 Å². The average molecular weight is 283 g/mol.